The van der Waals surface area contributed by atoms with Crippen LogP contribution >= 0.6 is 21.6 Å². The van der Waals surface area contributed by atoms with Crippen molar-refractivity contribution in [2.75, 3.05) is 0 Å². The molecule has 0 saturated heterocycles. The first-order chi connectivity index (χ1) is 15.5. The van der Waals surface area contributed by atoms with E-state index in [1.54, 1.807) is 0 Å². The predicted molar refractivity (Wildman–Crippen MR) is 145 cm³/mol. The van der Waals surface area contributed by atoms with Crippen LogP contribution in [0.15, 0.2) is 97.1 Å². The number of aryl methyl sites for hydroxylation is 2. The lowest BCUT2D eigenvalue weighted by atomic mass is 9.97. The first-order valence-electron chi connectivity index (χ1n) is 11.2. The van der Waals surface area contributed by atoms with Crippen molar-refractivity contribution in [2.45, 2.75) is 38.2 Å². The molecule has 0 amide bonds. The molecule has 0 spiro atoms. The molecular formula is C30H30S2. The molecule has 0 aromatic heterocycles. The van der Waals surface area contributed by atoms with Gasteiger partial charge in [0.15, 0.2) is 0 Å². The van der Waals surface area contributed by atoms with Crippen LogP contribution in [0.3, 0.4) is 0 Å². The van der Waals surface area contributed by atoms with Crippen LogP contribution in [0.1, 0.15) is 46.6 Å². The van der Waals surface area contributed by atoms with E-state index in [2.05, 4.69) is 125 Å². The van der Waals surface area contributed by atoms with Crippen molar-refractivity contribution in [3.05, 3.63) is 119 Å². The van der Waals surface area contributed by atoms with Gasteiger partial charge in [-0.15, -0.1) is 0 Å². The Bertz CT molecular complexity index is 1070. The van der Waals surface area contributed by atoms with E-state index in [4.69, 9.17) is 0 Å². The lowest BCUT2D eigenvalue weighted by Crippen LogP contribution is -1.95. The van der Waals surface area contributed by atoms with Crippen molar-refractivity contribution in [2.24, 2.45) is 0 Å². The highest BCUT2D eigenvalue weighted by molar-refractivity contribution is 8.76. The van der Waals surface area contributed by atoms with Crippen LogP contribution in [-0.2, 0) is 0 Å². The molecule has 0 aliphatic carbocycles. The topological polar surface area (TPSA) is 0 Å². The Morgan fingerprint density at radius 3 is 1.19 bits per heavy atom. The fourth-order valence-corrected chi connectivity index (χ4v) is 6.54. The van der Waals surface area contributed by atoms with Crippen molar-refractivity contribution < 1.29 is 0 Å². The molecule has 0 nitrogen and oxygen atoms in total. The van der Waals surface area contributed by atoms with Gasteiger partial charge in [-0.25, -0.2) is 0 Å². The monoisotopic (exact) mass is 454 g/mol. The van der Waals surface area contributed by atoms with Gasteiger partial charge >= 0.3 is 0 Å². The molecule has 2 heteroatoms. The molecule has 0 aliphatic heterocycles. The van der Waals surface area contributed by atoms with Crippen LogP contribution < -0.4 is 0 Å². The number of hydrogen-bond donors (Lipinski definition) is 0. The van der Waals surface area contributed by atoms with Gasteiger partial charge < -0.3 is 0 Å². The van der Waals surface area contributed by atoms with Crippen LogP contribution in [-0.4, -0.2) is 0 Å². The zero-order valence-corrected chi connectivity index (χ0v) is 20.8. The molecule has 162 valence electrons. The molecule has 2 atom stereocenters. The highest BCUT2D eigenvalue weighted by Gasteiger charge is 2.17. The third-order valence-electron chi connectivity index (χ3n) is 5.87. The van der Waals surface area contributed by atoms with Gasteiger partial charge in [0.1, 0.15) is 0 Å². The highest BCUT2D eigenvalue weighted by atomic mass is 33.1. The molecule has 0 N–H and O–H groups in total. The first kappa shape index (κ1) is 22.8. The van der Waals surface area contributed by atoms with E-state index >= 15 is 0 Å². The fraction of sp³-hybridized carbons (Fsp3) is 0.200. The summed E-state index contributed by atoms with van der Waals surface area (Å²) in [6, 6.07) is 35.4. The molecule has 32 heavy (non-hydrogen) atoms. The van der Waals surface area contributed by atoms with E-state index in [0.717, 1.165) is 0 Å². The van der Waals surface area contributed by atoms with Crippen molar-refractivity contribution in [3.8, 4) is 22.3 Å². The Morgan fingerprint density at radius 1 is 0.469 bits per heavy atom. The zero-order chi connectivity index (χ0) is 22.5. The minimum atomic E-state index is 0.395. The number of benzene rings is 4. The van der Waals surface area contributed by atoms with Gasteiger partial charge in [0.25, 0.3) is 0 Å². The summed E-state index contributed by atoms with van der Waals surface area (Å²) in [6.45, 7) is 8.92. The molecule has 0 radical (unpaired) electrons. The summed E-state index contributed by atoms with van der Waals surface area (Å²) in [5, 5.41) is 0.790. The maximum absolute atomic E-state index is 2.32. The van der Waals surface area contributed by atoms with Gasteiger partial charge in [-0.2, -0.15) is 0 Å². The van der Waals surface area contributed by atoms with Crippen LogP contribution in [0.5, 0.6) is 0 Å². The first-order valence-corrected chi connectivity index (χ1v) is 13.4. The van der Waals surface area contributed by atoms with Gasteiger partial charge in [-0.05, 0) is 61.1 Å². The molecule has 0 fully saturated rings. The second-order valence-electron chi connectivity index (χ2n) is 8.38. The van der Waals surface area contributed by atoms with Crippen LogP contribution in [0.25, 0.3) is 22.3 Å². The molecule has 0 saturated carbocycles. The number of rotatable bonds is 7. The molecule has 4 rings (SSSR count). The quantitative estimate of drug-likeness (QED) is 0.255. The third-order valence-corrected chi connectivity index (χ3v) is 9.13. The van der Waals surface area contributed by atoms with Crippen LogP contribution in [0.4, 0.5) is 0 Å². The van der Waals surface area contributed by atoms with Crippen molar-refractivity contribution in [3.63, 3.8) is 0 Å². The molecule has 0 aliphatic rings. The Hall–Kier alpha value is -2.42. The van der Waals surface area contributed by atoms with E-state index in [1.807, 2.05) is 21.6 Å². The second-order valence-corrected chi connectivity index (χ2v) is 11.3. The van der Waals surface area contributed by atoms with Gasteiger partial charge in [-0.3, -0.25) is 0 Å². The Balaban J connectivity index is 1.52. The number of hydrogen-bond acceptors (Lipinski definition) is 2. The summed E-state index contributed by atoms with van der Waals surface area (Å²) in [7, 11) is 3.93. The lowest BCUT2D eigenvalue weighted by Gasteiger charge is -2.20. The SMILES string of the molecule is Cc1ccc(-c2ccccc2[C@@H](C)SS[C@H](C)c2ccccc2-c2ccc(C)cc2)cc1. The van der Waals surface area contributed by atoms with Gasteiger partial charge in [0, 0.05) is 10.5 Å². The minimum Gasteiger partial charge on any atom is -0.0856 e. The van der Waals surface area contributed by atoms with Gasteiger partial charge in [0.2, 0.25) is 0 Å². The van der Waals surface area contributed by atoms with E-state index in [-0.39, 0.29) is 0 Å². The summed E-state index contributed by atoms with van der Waals surface area (Å²) in [5.74, 6) is 0. The van der Waals surface area contributed by atoms with Gasteiger partial charge in [-0.1, -0.05) is 130 Å². The Labute approximate surface area is 200 Å². The summed E-state index contributed by atoms with van der Waals surface area (Å²) in [5.41, 5.74) is 10.6. The minimum absolute atomic E-state index is 0.395. The normalized spacial score (nSPS) is 13.0. The highest BCUT2D eigenvalue weighted by Crippen LogP contribution is 2.48. The Kier molecular flexibility index (Phi) is 7.44. The van der Waals surface area contributed by atoms with E-state index in [1.165, 1.54) is 44.5 Å². The maximum Gasteiger partial charge on any atom is 0.0379 e. The lowest BCUT2D eigenvalue weighted by molar-refractivity contribution is 1.10. The average Bonchev–Trinajstić information content (AvgIpc) is 2.83. The Morgan fingerprint density at radius 2 is 0.812 bits per heavy atom. The average molecular weight is 455 g/mol. The summed E-state index contributed by atoms with van der Waals surface area (Å²) in [4.78, 5) is 0. The zero-order valence-electron chi connectivity index (χ0n) is 19.2. The van der Waals surface area contributed by atoms with E-state index < -0.39 is 0 Å². The van der Waals surface area contributed by atoms with Crippen LogP contribution in [0, 0.1) is 13.8 Å². The smallest absolute Gasteiger partial charge is 0.0379 e. The second kappa shape index (κ2) is 10.5. The standard InChI is InChI=1S/C30H30S2/c1-21-13-17-25(18-14-21)29-11-7-5-9-27(29)23(3)31-32-24(4)28-10-6-8-12-30(28)26-19-15-22(2)16-20-26/h5-20,23-24H,1-4H3/t23-,24-/m1/s1. The molecule has 0 heterocycles. The summed E-state index contributed by atoms with van der Waals surface area (Å²) in [6.07, 6.45) is 0. The van der Waals surface area contributed by atoms with Crippen molar-refractivity contribution in [1.29, 1.82) is 0 Å². The third kappa shape index (κ3) is 5.31. The summed E-state index contributed by atoms with van der Waals surface area (Å²) < 4.78 is 0. The largest absolute Gasteiger partial charge is 0.0856 e. The predicted octanol–water partition coefficient (Wildman–Crippen LogP) is 9.84. The molecule has 0 unspecified atom stereocenters. The van der Waals surface area contributed by atoms with Crippen LogP contribution in [0.2, 0.25) is 0 Å². The van der Waals surface area contributed by atoms with Crippen molar-refractivity contribution >= 4 is 21.6 Å². The molecule has 4 aromatic carbocycles. The van der Waals surface area contributed by atoms with Gasteiger partial charge in [0.05, 0.1) is 0 Å². The molecule has 0 bridgehead atoms. The summed E-state index contributed by atoms with van der Waals surface area (Å²) >= 11 is 0. The van der Waals surface area contributed by atoms with E-state index in [0.29, 0.717) is 10.5 Å². The fourth-order valence-electron chi connectivity index (χ4n) is 3.97. The molecule has 4 aromatic rings. The maximum atomic E-state index is 2.32. The van der Waals surface area contributed by atoms with Crippen molar-refractivity contribution in [1.82, 2.24) is 0 Å². The molecular weight excluding hydrogens is 424 g/mol. The van der Waals surface area contributed by atoms with E-state index in [9.17, 15) is 0 Å².